The molecule has 0 aliphatic rings. The van der Waals surface area contributed by atoms with Crippen LogP contribution in [0, 0.1) is 11.6 Å². The number of amides is 1. The molecular weight excluding hydrogens is 330 g/mol. The van der Waals surface area contributed by atoms with Crippen LogP contribution in [0.2, 0.25) is 0 Å². The van der Waals surface area contributed by atoms with Gasteiger partial charge in [-0.2, -0.15) is 0 Å². The SMILES string of the molecule is CC(Oc1ccc(F)c(F)c1)C(=O)NCc1nc(C(=O)O)cs1. The molecule has 1 aromatic heterocycles. The summed E-state index contributed by atoms with van der Waals surface area (Å²) in [5.41, 5.74) is -0.0923. The number of nitrogens with zero attached hydrogens (tertiary/aromatic N) is 1. The highest BCUT2D eigenvalue weighted by Gasteiger charge is 2.16. The summed E-state index contributed by atoms with van der Waals surface area (Å²) in [5.74, 6) is -3.70. The molecule has 1 heterocycles. The maximum absolute atomic E-state index is 13.1. The number of thiazole rings is 1. The topological polar surface area (TPSA) is 88.5 Å². The van der Waals surface area contributed by atoms with Crippen molar-refractivity contribution >= 4 is 23.2 Å². The third kappa shape index (κ3) is 4.46. The number of carboxylic acid groups (broad SMARTS) is 1. The van der Waals surface area contributed by atoms with Gasteiger partial charge in [-0.05, 0) is 19.1 Å². The van der Waals surface area contributed by atoms with E-state index in [1.165, 1.54) is 18.4 Å². The van der Waals surface area contributed by atoms with Gasteiger partial charge in [0.05, 0.1) is 6.54 Å². The second-order valence-electron chi connectivity index (χ2n) is 4.49. The fraction of sp³-hybridized carbons (Fsp3) is 0.214. The van der Waals surface area contributed by atoms with Gasteiger partial charge in [0.15, 0.2) is 23.4 Å². The largest absolute Gasteiger partial charge is 0.481 e. The number of halogens is 2. The maximum Gasteiger partial charge on any atom is 0.355 e. The maximum atomic E-state index is 13.1. The number of ether oxygens (including phenoxy) is 1. The standard InChI is InChI=1S/C14H12F2N2O4S/c1-7(22-8-2-3-9(15)10(16)4-8)13(19)17-5-12-18-11(6-23-12)14(20)21/h2-4,6-7H,5H2,1H3,(H,17,19)(H,20,21). The van der Waals surface area contributed by atoms with E-state index in [2.05, 4.69) is 10.3 Å². The number of carbonyl (C=O) groups excluding carboxylic acids is 1. The first-order chi connectivity index (χ1) is 10.9. The molecule has 2 N–H and O–H groups in total. The molecule has 2 rings (SSSR count). The highest BCUT2D eigenvalue weighted by molar-refractivity contribution is 7.09. The monoisotopic (exact) mass is 342 g/mol. The van der Waals surface area contributed by atoms with Gasteiger partial charge in [0.25, 0.3) is 5.91 Å². The van der Waals surface area contributed by atoms with E-state index in [1.54, 1.807) is 0 Å². The molecular formula is C14H12F2N2O4S. The van der Waals surface area contributed by atoms with Crippen LogP contribution in [-0.4, -0.2) is 28.1 Å². The lowest BCUT2D eigenvalue weighted by atomic mass is 10.3. The molecule has 0 spiro atoms. The lowest BCUT2D eigenvalue weighted by Gasteiger charge is -2.14. The number of hydrogen-bond acceptors (Lipinski definition) is 5. The molecule has 0 saturated heterocycles. The van der Waals surface area contributed by atoms with Crippen molar-refractivity contribution in [1.29, 1.82) is 0 Å². The van der Waals surface area contributed by atoms with Crippen LogP contribution >= 0.6 is 11.3 Å². The van der Waals surface area contributed by atoms with Crippen molar-refractivity contribution in [3.63, 3.8) is 0 Å². The molecule has 1 unspecified atom stereocenters. The summed E-state index contributed by atoms with van der Waals surface area (Å²) in [7, 11) is 0. The van der Waals surface area contributed by atoms with Gasteiger partial charge in [0.1, 0.15) is 10.8 Å². The zero-order valence-corrected chi connectivity index (χ0v) is 12.7. The van der Waals surface area contributed by atoms with Crippen molar-refractivity contribution in [3.8, 4) is 5.75 Å². The van der Waals surface area contributed by atoms with Gasteiger partial charge >= 0.3 is 5.97 Å². The van der Waals surface area contributed by atoms with Crippen molar-refractivity contribution in [2.24, 2.45) is 0 Å². The van der Waals surface area contributed by atoms with Crippen molar-refractivity contribution in [3.05, 3.63) is 45.9 Å². The van der Waals surface area contributed by atoms with Gasteiger partial charge < -0.3 is 15.2 Å². The van der Waals surface area contributed by atoms with E-state index in [9.17, 15) is 18.4 Å². The van der Waals surface area contributed by atoms with Crippen LogP contribution < -0.4 is 10.1 Å². The molecule has 1 atom stereocenters. The molecule has 1 aromatic carbocycles. The summed E-state index contributed by atoms with van der Waals surface area (Å²) in [4.78, 5) is 26.4. The zero-order chi connectivity index (χ0) is 17.0. The van der Waals surface area contributed by atoms with Crippen molar-refractivity contribution in [2.75, 3.05) is 0 Å². The van der Waals surface area contributed by atoms with Crippen molar-refractivity contribution in [2.45, 2.75) is 19.6 Å². The third-order valence-corrected chi connectivity index (χ3v) is 3.61. The number of hydrogen-bond donors (Lipinski definition) is 2. The summed E-state index contributed by atoms with van der Waals surface area (Å²) < 4.78 is 31.1. The Morgan fingerprint density at radius 1 is 1.39 bits per heavy atom. The number of benzene rings is 1. The smallest absolute Gasteiger partial charge is 0.355 e. The first-order valence-electron chi connectivity index (χ1n) is 6.44. The van der Waals surface area contributed by atoms with E-state index in [4.69, 9.17) is 9.84 Å². The van der Waals surface area contributed by atoms with Crippen molar-refractivity contribution < 1.29 is 28.2 Å². The van der Waals surface area contributed by atoms with Crippen LogP contribution in [0.25, 0.3) is 0 Å². The fourth-order valence-corrected chi connectivity index (χ4v) is 2.31. The quantitative estimate of drug-likeness (QED) is 0.840. The lowest BCUT2D eigenvalue weighted by molar-refractivity contribution is -0.127. The highest BCUT2D eigenvalue weighted by Crippen LogP contribution is 2.17. The Labute approximate surface area is 133 Å². The second-order valence-corrected chi connectivity index (χ2v) is 5.43. The molecule has 0 fully saturated rings. The van der Waals surface area contributed by atoms with E-state index in [0.29, 0.717) is 5.01 Å². The second kappa shape index (κ2) is 7.14. The molecule has 0 aliphatic carbocycles. The molecule has 0 saturated carbocycles. The van der Waals surface area contributed by atoms with E-state index in [-0.39, 0.29) is 18.0 Å². The number of aromatic carboxylic acids is 1. The Morgan fingerprint density at radius 3 is 2.74 bits per heavy atom. The van der Waals surface area contributed by atoms with Gasteiger partial charge in [-0.15, -0.1) is 11.3 Å². The van der Waals surface area contributed by atoms with Crippen molar-refractivity contribution in [1.82, 2.24) is 10.3 Å². The summed E-state index contributed by atoms with van der Waals surface area (Å²) in [5, 5.41) is 13.1. The van der Waals surface area contributed by atoms with Crippen LogP contribution in [0.4, 0.5) is 8.78 Å². The normalized spacial score (nSPS) is 11.8. The first-order valence-corrected chi connectivity index (χ1v) is 7.32. The number of rotatable bonds is 6. The molecule has 0 radical (unpaired) electrons. The Kier molecular flexibility index (Phi) is 5.22. The Balaban J connectivity index is 1.89. The number of carbonyl (C=O) groups is 2. The molecule has 0 aliphatic heterocycles. The Morgan fingerprint density at radius 2 is 2.13 bits per heavy atom. The molecule has 0 bridgehead atoms. The van der Waals surface area contributed by atoms with E-state index in [0.717, 1.165) is 23.5 Å². The molecule has 23 heavy (non-hydrogen) atoms. The molecule has 2 aromatic rings. The van der Waals surface area contributed by atoms with Crippen LogP contribution in [0.15, 0.2) is 23.6 Å². The zero-order valence-electron chi connectivity index (χ0n) is 11.9. The number of nitrogens with one attached hydrogen (secondary N) is 1. The van der Waals surface area contributed by atoms with Crippen LogP contribution in [0.3, 0.4) is 0 Å². The van der Waals surface area contributed by atoms with E-state index >= 15 is 0 Å². The summed E-state index contributed by atoms with van der Waals surface area (Å²) in [6.45, 7) is 1.49. The third-order valence-electron chi connectivity index (χ3n) is 2.76. The minimum Gasteiger partial charge on any atom is -0.481 e. The van der Waals surface area contributed by atoms with Gasteiger partial charge in [0.2, 0.25) is 0 Å². The molecule has 6 nitrogen and oxygen atoms in total. The summed E-state index contributed by atoms with van der Waals surface area (Å²) in [6, 6.07) is 2.96. The lowest BCUT2D eigenvalue weighted by Crippen LogP contribution is -2.35. The minimum absolute atomic E-state index is 0.0222. The van der Waals surface area contributed by atoms with Crippen LogP contribution in [0.1, 0.15) is 22.4 Å². The number of aromatic nitrogens is 1. The minimum atomic E-state index is -1.14. The van der Waals surface area contributed by atoms with E-state index < -0.39 is 29.6 Å². The average molecular weight is 342 g/mol. The average Bonchev–Trinajstić information content (AvgIpc) is 2.97. The Bertz CT molecular complexity index is 735. The Hall–Kier alpha value is -2.55. The predicted molar refractivity (Wildman–Crippen MR) is 77.4 cm³/mol. The van der Waals surface area contributed by atoms with Gasteiger partial charge in [-0.25, -0.2) is 18.6 Å². The highest BCUT2D eigenvalue weighted by atomic mass is 32.1. The number of carboxylic acids is 1. The molecule has 9 heteroatoms. The van der Waals surface area contributed by atoms with Gasteiger partial charge in [0, 0.05) is 11.4 Å². The molecule has 122 valence electrons. The van der Waals surface area contributed by atoms with E-state index in [1.807, 2.05) is 0 Å². The summed E-state index contributed by atoms with van der Waals surface area (Å²) >= 11 is 1.10. The van der Waals surface area contributed by atoms with Gasteiger partial charge in [-0.1, -0.05) is 0 Å². The first kappa shape index (κ1) is 16.8. The van der Waals surface area contributed by atoms with Crippen LogP contribution in [-0.2, 0) is 11.3 Å². The molecule has 1 amide bonds. The predicted octanol–water partition coefficient (Wildman–Crippen LogP) is 2.20. The van der Waals surface area contributed by atoms with Crippen LogP contribution in [0.5, 0.6) is 5.75 Å². The summed E-state index contributed by atoms with van der Waals surface area (Å²) in [6.07, 6.45) is -0.946. The van der Waals surface area contributed by atoms with Gasteiger partial charge in [-0.3, -0.25) is 4.79 Å². The fourth-order valence-electron chi connectivity index (χ4n) is 1.60.